The highest BCUT2D eigenvalue weighted by Crippen LogP contribution is 2.33. The molecule has 1 aromatic carbocycles. The van der Waals surface area contributed by atoms with Crippen LogP contribution >= 0.6 is 23.1 Å². The Morgan fingerprint density at radius 2 is 2.05 bits per heavy atom. The molecule has 20 heavy (non-hydrogen) atoms. The molecule has 1 heterocycles. The number of rotatable bonds is 7. The van der Waals surface area contributed by atoms with E-state index in [0.717, 1.165) is 23.0 Å². The van der Waals surface area contributed by atoms with Gasteiger partial charge in [-0.15, -0.1) is 11.3 Å². The number of thiazole rings is 1. The van der Waals surface area contributed by atoms with Gasteiger partial charge in [-0.25, -0.2) is 4.98 Å². The summed E-state index contributed by atoms with van der Waals surface area (Å²) in [6.07, 6.45) is 1.15. The van der Waals surface area contributed by atoms with Crippen molar-refractivity contribution in [3.05, 3.63) is 47.0 Å². The van der Waals surface area contributed by atoms with Gasteiger partial charge in [0.1, 0.15) is 4.34 Å². The zero-order chi connectivity index (χ0) is 14.4. The molecule has 0 aliphatic heterocycles. The van der Waals surface area contributed by atoms with Crippen LogP contribution in [0.5, 0.6) is 0 Å². The van der Waals surface area contributed by atoms with Crippen LogP contribution in [0.25, 0.3) is 0 Å². The molecule has 0 fully saturated rings. The molecule has 0 saturated heterocycles. The molecule has 1 N–H and O–H groups in total. The van der Waals surface area contributed by atoms with Crippen LogP contribution in [0.4, 0.5) is 0 Å². The Morgan fingerprint density at radius 1 is 1.30 bits per heavy atom. The van der Waals surface area contributed by atoms with E-state index >= 15 is 0 Å². The van der Waals surface area contributed by atoms with E-state index in [4.69, 9.17) is 0 Å². The molecule has 0 saturated carbocycles. The van der Waals surface area contributed by atoms with Crippen molar-refractivity contribution in [2.75, 3.05) is 6.54 Å². The molecule has 0 bridgehead atoms. The van der Waals surface area contributed by atoms with Gasteiger partial charge in [-0.2, -0.15) is 0 Å². The molecule has 2 aromatic rings. The number of nitrogens with one attached hydrogen (secondary N) is 1. The Hall–Kier alpha value is -0.840. The van der Waals surface area contributed by atoms with E-state index in [1.54, 1.807) is 11.3 Å². The third-order valence-electron chi connectivity index (χ3n) is 3.13. The monoisotopic (exact) mass is 306 g/mol. The van der Waals surface area contributed by atoms with Crippen molar-refractivity contribution in [2.45, 2.75) is 42.8 Å². The van der Waals surface area contributed by atoms with E-state index in [2.05, 4.69) is 66.8 Å². The predicted octanol–water partition coefficient (Wildman–Crippen LogP) is 4.67. The van der Waals surface area contributed by atoms with Crippen molar-refractivity contribution in [1.29, 1.82) is 0 Å². The zero-order valence-corrected chi connectivity index (χ0v) is 13.9. The van der Waals surface area contributed by atoms with Crippen molar-refractivity contribution in [3.8, 4) is 0 Å². The topological polar surface area (TPSA) is 24.9 Å². The summed E-state index contributed by atoms with van der Waals surface area (Å²) in [5.41, 5.74) is 2.47. The normalized spacial score (nSPS) is 14.2. The van der Waals surface area contributed by atoms with Crippen molar-refractivity contribution in [2.24, 2.45) is 0 Å². The number of hydrogen-bond acceptors (Lipinski definition) is 4. The van der Waals surface area contributed by atoms with E-state index in [1.807, 2.05) is 11.8 Å². The standard InChI is InChI=1S/C16H22N2S2/c1-4-10-17-15(14-8-6-5-7-9-14)13(3)20-16-18-12(2)11-19-16/h5-9,11,13,15,17H,4,10H2,1-3H3. The Morgan fingerprint density at radius 3 is 2.65 bits per heavy atom. The SMILES string of the molecule is CCCNC(c1ccccc1)C(C)Sc1nc(C)cs1. The highest BCUT2D eigenvalue weighted by Gasteiger charge is 2.20. The summed E-state index contributed by atoms with van der Waals surface area (Å²) in [7, 11) is 0. The van der Waals surface area contributed by atoms with Gasteiger partial charge in [0.15, 0.2) is 0 Å². The van der Waals surface area contributed by atoms with Crippen LogP contribution in [0.3, 0.4) is 0 Å². The second kappa shape index (κ2) is 7.81. The molecule has 0 aliphatic carbocycles. The average Bonchev–Trinajstić information content (AvgIpc) is 2.86. The molecule has 2 atom stereocenters. The van der Waals surface area contributed by atoms with E-state index in [0.29, 0.717) is 11.3 Å². The van der Waals surface area contributed by atoms with Crippen LogP contribution in [0, 0.1) is 6.92 Å². The molecule has 0 aliphatic rings. The summed E-state index contributed by atoms with van der Waals surface area (Å²) in [5, 5.41) is 6.24. The number of thioether (sulfide) groups is 1. The Balaban J connectivity index is 2.09. The first-order valence-corrected chi connectivity index (χ1v) is 8.83. The highest BCUT2D eigenvalue weighted by molar-refractivity contribution is 8.01. The number of hydrogen-bond donors (Lipinski definition) is 1. The van der Waals surface area contributed by atoms with Crippen LogP contribution in [0.1, 0.15) is 37.6 Å². The number of aryl methyl sites for hydroxylation is 1. The Labute approximate surface area is 130 Å². The van der Waals surface area contributed by atoms with Gasteiger partial charge < -0.3 is 5.32 Å². The fourth-order valence-corrected chi connectivity index (χ4v) is 4.38. The van der Waals surface area contributed by atoms with Crippen molar-refractivity contribution in [1.82, 2.24) is 10.3 Å². The van der Waals surface area contributed by atoms with E-state index in [9.17, 15) is 0 Å². The lowest BCUT2D eigenvalue weighted by Gasteiger charge is -2.24. The van der Waals surface area contributed by atoms with Gasteiger partial charge in [0.2, 0.25) is 0 Å². The highest BCUT2D eigenvalue weighted by atomic mass is 32.2. The summed E-state index contributed by atoms with van der Waals surface area (Å²) < 4.78 is 1.16. The molecule has 2 unspecified atom stereocenters. The van der Waals surface area contributed by atoms with Crippen LogP contribution in [-0.4, -0.2) is 16.8 Å². The van der Waals surface area contributed by atoms with Crippen LogP contribution in [-0.2, 0) is 0 Å². The van der Waals surface area contributed by atoms with E-state index in [1.165, 1.54) is 5.56 Å². The van der Waals surface area contributed by atoms with Gasteiger partial charge in [0, 0.05) is 22.4 Å². The first kappa shape index (κ1) is 15.5. The van der Waals surface area contributed by atoms with Crippen molar-refractivity contribution < 1.29 is 0 Å². The molecule has 1 aromatic heterocycles. The first-order valence-electron chi connectivity index (χ1n) is 7.07. The largest absolute Gasteiger partial charge is 0.309 e. The maximum atomic E-state index is 4.56. The minimum Gasteiger partial charge on any atom is -0.309 e. The maximum Gasteiger partial charge on any atom is 0.150 e. The van der Waals surface area contributed by atoms with E-state index < -0.39 is 0 Å². The van der Waals surface area contributed by atoms with Crippen LogP contribution in [0.15, 0.2) is 40.1 Å². The van der Waals surface area contributed by atoms with Gasteiger partial charge >= 0.3 is 0 Å². The lowest BCUT2D eigenvalue weighted by molar-refractivity contribution is 0.528. The second-order valence-electron chi connectivity index (χ2n) is 4.92. The summed E-state index contributed by atoms with van der Waals surface area (Å²) in [4.78, 5) is 4.56. The first-order chi connectivity index (χ1) is 9.70. The number of benzene rings is 1. The minimum absolute atomic E-state index is 0.366. The summed E-state index contributed by atoms with van der Waals surface area (Å²) in [6, 6.07) is 11.1. The maximum absolute atomic E-state index is 4.56. The minimum atomic E-state index is 0.366. The lowest BCUT2D eigenvalue weighted by atomic mass is 10.0. The second-order valence-corrected chi connectivity index (χ2v) is 7.40. The molecule has 2 nitrogen and oxygen atoms in total. The quantitative estimate of drug-likeness (QED) is 0.752. The van der Waals surface area contributed by atoms with Gasteiger partial charge in [0.25, 0.3) is 0 Å². The predicted molar refractivity (Wildman–Crippen MR) is 89.6 cm³/mol. The third kappa shape index (κ3) is 4.33. The Kier molecular flexibility index (Phi) is 6.07. The molecule has 2 rings (SSSR count). The smallest absolute Gasteiger partial charge is 0.150 e. The van der Waals surface area contributed by atoms with Gasteiger partial charge in [-0.3, -0.25) is 0 Å². The molecule has 0 amide bonds. The molecule has 0 radical (unpaired) electrons. The van der Waals surface area contributed by atoms with Gasteiger partial charge in [-0.1, -0.05) is 55.9 Å². The van der Waals surface area contributed by atoms with Crippen LogP contribution < -0.4 is 5.32 Å². The summed E-state index contributed by atoms with van der Waals surface area (Å²) in [5.74, 6) is 0. The van der Waals surface area contributed by atoms with Crippen molar-refractivity contribution >= 4 is 23.1 Å². The third-order valence-corrected chi connectivity index (χ3v) is 5.39. The van der Waals surface area contributed by atoms with Crippen LogP contribution in [0.2, 0.25) is 0 Å². The van der Waals surface area contributed by atoms with Gasteiger partial charge in [-0.05, 0) is 25.5 Å². The average molecular weight is 306 g/mol. The zero-order valence-electron chi connectivity index (χ0n) is 12.3. The summed E-state index contributed by atoms with van der Waals surface area (Å²) in [6.45, 7) is 7.58. The number of aromatic nitrogens is 1. The van der Waals surface area contributed by atoms with E-state index in [-0.39, 0.29) is 0 Å². The molecule has 4 heteroatoms. The van der Waals surface area contributed by atoms with Gasteiger partial charge in [0.05, 0.1) is 0 Å². The summed E-state index contributed by atoms with van der Waals surface area (Å²) >= 11 is 3.60. The van der Waals surface area contributed by atoms with Crippen molar-refractivity contribution in [3.63, 3.8) is 0 Å². The Bertz CT molecular complexity index is 510. The number of nitrogens with zero attached hydrogens (tertiary/aromatic N) is 1. The lowest BCUT2D eigenvalue weighted by Crippen LogP contribution is -2.29. The molecular weight excluding hydrogens is 284 g/mol. The fourth-order valence-electron chi connectivity index (χ4n) is 2.13. The fraction of sp³-hybridized carbons (Fsp3) is 0.438. The molecule has 108 valence electrons. The molecule has 0 spiro atoms. The molecular formula is C16H22N2S2.